The summed E-state index contributed by atoms with van der Waals surface area (Å²) in [4.78, 5) is 10.9. The lowest BCUT2D eigenvalue weighted by atomic mass is 10.2. The minimum atomic E-state index is -0.0839. The molecule has 0 rings (SSSR count). The minimum Gasteiger partial charge on any atom is -0.355 e. The average molecular weight is 366 g/mol. The van der Waals surface area contributed by atoms with E-state index in [1.807, 2.05) is 0 Å². The van der Waals surface area contributed by atoms with E-state index < -0.39 is 0 Å². The average Bonchev–Trinajstić information content (AvgIpc) is 2.63. The Bertz CT molecular complexity index is 410. The molecule has 0 bridgehead atoms. The number of carbonyl (C=O) groups excluding carboxylic acids is 1. The summed E-state index contributed by atoms with van der Waals surface area (Å²) >= 11 is 5.40. The molecule has 25 heavy (non-hydrogen) atoms. The van der Waals surface area contributed by atoms with Crippen LogP contribution in [0.15, 0.2) is 48.6 Å². The van der Waals surface area contributed by atoms with E-state index in [1.54, 1.807) is 0 Å². The topological polar surface area (TPSA) is 29.1 Å². The number of nitrogens with one attached hydrogen (secondary N) is 1. The van der Waals surface area contributed by atoms with Crippen molar-refractivity contribution < 1.29 is 4.79 Å². The Morgan fingerprint density at radius 3 is 1.72 bits per heavy atom. The lowest BCUT2D eigenvalue weighted by molar-refractivity contribution is -0.118. The van der Waals surface area contributed by atoms with Crippen molar-refractivity contribution in [3.8, 4) is 0 Å². The van der Waals surface area contributed by atoms with Crippen LogP contribution in [0.2, 0.25) is 0 Å². The molecule has 0 spiro atoms. The highest BCUT2D eigenvalue weighted by molar-refractivity contribution is 6.27. The van der Waals surface area contributed by atoms with E-state index in [4.69, 9.17) is 11.6 Å². The van der Waals surface area contributed by atoms with Crippen LogP contribution in [0.5, 0.6) is 0 Å². The zero-order valence-corrected chi connectivity index (χ0v) is 16.6. The number of carbonyl (C=O) groups is 1. The van der Waals surface area contributed by atoms with Gasteiger partial charge in [0.25, 0.3) is 0 Å². The monoisotopic (exact) mass is 365 g/mol. The van der Waals surface area contributed by atoms with Crippen molar-refractivity contribution in [1.29, 1.82) is 0 Å². The Hall–Kier alpha value is -1.28. The summed E-state index contributed by atoms with van der Waals surface area (Å²) in [5, 5.41) is 2.77. The molecule has 0 aromatic rings. The molecule has 1 N–H and O–H groups in total. The van der Waals surface area contributed by atoms with Crippen LogP contribution in [0, 0.1) is 0 Å². The Morgan fingerprint density at radius 2 is 1.24 bits per heavy atom. The maximum Gasteiger partial charge on any atom is 0.234 e. The van der Waals surface area contributed by atoms with Gasteiger partial charge >= 0.3 is 0 Å². The van der Waals surface area contributed by atoms with Gasteiger partial charge in [-0.2, -0.15) is 0 Å². The first-order valence-electron chi connectivity index (χ1n) is 9.73. The van der Waals surface area contributed by atoms with Crippen LogP contribution in [-0.2, 0) is 4.79 Å². The number of allylic oxidation sites excluding steroid dienone is 8. The number of unbranched alkanes of at least 4 members (excludes halogenated alkanes) is 5. The van der Waals surface area contributed by atoms with Gasteiger partial charge in [0, 0.05) is 6.54 Å². The van der Waals surface area contributed by atoms with Crippen molar-refractivity contribution in [3.63, 3.8) is 0 Å². The minimum absolute atomic E-state index is 0.0528. The van der Waals surface area contributed by atoms with Crippen LogP contribution >= 0.6 is 11.6 Å². The molecule has 142 valence electrons. The van der Waals surface area contributed by atoms with Crippen LogP contribution in [0.25, 0.3) is 0 Å². The van der Waals surface area contributed by atoms with Gasteiger partial charge < -0.3 is 5.32 Å². The quantitative estimate of drug-likeness (QED) is 0.189. The molecule has 0 aromatic heterocycles. The van der Waals surface area contributed by atoms with E-state index in [-0.39, 0.29) is 11.8 Å². The van der Waals surface area contributed by atoms with Crippen molar-refractivity contribution in [2.75, 3.05) is 12.4 Å². The van der Waals surface area contributed by atoms with Gasteiger partial charge in [-0.3, -0.25) is 4.79 Å². The fourth-order valence-corrected chi connectivity index (χ4v) is 2.32. The van der Waals surface area contributed by atoms with Crippen LogP contribution in [0.4, 0.5) is 0 Å². The molecule has 0 heterocycles. The van der Waals surface area contributed by atoms with Crippen molar-refractivity contribution in [2.45, 2.75) is 71.1 Å². The lowest BCUT2D eigenvalue weighted by Gasteiger charge is -2.00. The maximum atomic E-state index is 10.9. The number of rotatable bonds is 16. The maximum absolute atomic E-state index is 10.9. The second-order valence-corrected chi connectivity index (χ2v) is 6.34. The van der Waals surface area contributed by atoms with Crippen molar-refractivity contribution in [1.82, 2.24) is 5.32 Å². The summed E-state index contributed by atoms with van der Waals surface area (Å²) in [7, 11) is 0. The first-order valence-corrected chi connectivity index (χ1v) is 10.3. The standard InChI is InChI=1S/C22H36ClNO/c1-2-3-4-5-6-7-8-9-10-11-12-13-14-15-16-17-18-19-20-24-22(25)21-23/h6-7,9-10,12-13,15-16H,2-5,8,11,14,17-21H2,1H3,(H,24,25)/b7-6+,10-9+,13-12+,16-15+. The van der Waals surface area contributed by atoms with Crippen LogP contribution in [-0.4, -0.2) is 18.3 Å². The summed E-state index contributed by atoms with van der Waals surface area (Å²) in [5.41, 5.74) is 0. The molecule has 0 saturated heterocycles. The first kappa shape index (κ1) is 23.7. The number of hydrogen-bond donors (Lipinski definition) is 1. The van der Waals surface area contributed by atoms with Gasteiger partial charge in [0.2, 0.25) is 5.91 Å². The zero-order valence-electron chi connectivity index (χ0n) is 15.9. The Labute approximate surface area is 160 Å². The van der Waals surface area contributed by atoms with E-state index in [1.165, 1.54) is 25.7 Å². The van der Waals surface area contributed by atoms with Crippen molar-refractivity contribution >= 4 is 17.5 Å². The van der Waals surface area contributed by atoms with E-state index in [2.05, 4.69) is 60.8 Å². The smallest absolute Gasteiger partial charge is 0.234 e. The second-order valence-electron chi connectivity index (χ2n) is 6.07. The fraction of sp³-hybridized carbons (Fsp3) is 0.591. The van der Waals surface area contributed by atoms with E-state index >= 15 is 0 Å². The molecular weight excluding hydrogens is 330 g/mol. The third-order valence-corrected chi connectivity index (χ3v) is 3.94. The third kappa shape index (κ3) is 20.7. The Morgan fingerprint density at radius 1 is 0.760 bits per heavy atom. The molecule has 0 aliphatic heterocycles. The zero-order chi connectivity index (χ0) is 18.4. The Kier molecular flexibility index (Phi) is 19.7. The SMILES string of the molecule is CCCCC/C=C/C/C=C/C/C=C/C/C=C/CCCCNC(=O)CCl. The summed E-state index contributed by atoms with van der Waals surface area (Å²) in [5.74, 6) is -0.0311. The largest absolute Gasteiger partial charge is 0.355 e. The highest BCUT2D eigenvalue weighted by atomic mass is 35.5. The van der Waals surface area contributed by atoms with Gasteiger partial charge in [-0.1, -0.05) is 68.4 Å². The predicted octanol–water partition coefficient (Wildman–Crippen LogP) is 6.49. The molecule has 2 nitrogen and oxygen atoms in total. The van der Waals surface area contributed by atoms with E-state index in [9.17, 15) is 4.79 Å². The van der Waals surface area contributed by atoms with Gasteiger partial charge in [0.1, 0.15) is 5.88 Å². The van der Waals surface area contributed by atoms with Crippen LogP contribution in [0.1, 0.15) is 71.1 Å². The second kappa shape index (κ2) is 20.8. The van der Waals surface area contributed by atoms with Gasteiger partial charge in [-0.15, -0.1) is 11.6 Å². The van der Waals surface area contributed by atoms with Crippen LogP contribution in [0.3, 0.4) is 0 Å². The number of amides is 1. The third-order valence-electron chi connectivity index (χ3n) is 3.70. The van der Waals surface area contributed by atoms with Gasteiger partial charge in [-0.25, -0.2) is 0 Å². The molecule has 0 radical (unpaired) electrons. The molecular formula is C22H36ClNO. The molecule has 0 aromatic carbocycles. The Balaban J connectivity index is 3.39. The van der Waals surface area contributed by atoms with Gasteiger partial charge in [0.15, 0.2) is 0 Å². The molecule has 0 aliphatic rings. The highest BCUT2D eigenvalue weighted by Crippen LogP contribution is 2.01. The molecule has 0 unspecified atom stereocenters. The van der Waals surface area contributed by atoms with Gasteiger partial charge in [0.05, 0.1) is 0 Å². The highest BCUT2D eigenvalue weighted by Gasteiger charge is 1.95. The molecule has 1 amide bonds. The molecule has 3 heteroatoms. The van der Waals surface area contributed by atoms with Crippen molar-refractivity contribution in [3.05, 3.63) is 48.6 Å². The first-order chi connectivity index (χ1) is 12.3. The molecule has 0 atom stereocenters. The predicted molar refractivity (Wildman–Crippen MR) is 112 cm³/mol. The van der Waals surface area contributed by atoms with Gasteiger partial charge in [-0.05, 0) is 51.4 Å². The fourth-order valence-electron chi connectivity index (χ4n) is 2.22. The van der Waals surface area contributed by atoms with Crippen LogP contribution < -0.4 is 5.32 Å². The summed E-state index contributed by atoms with van der Waals surface area (Å²) in [6.45, 7) is 2.96. The summed E-state index contributed by atoms with van der Waals surface area (Å²) in [6, 6.07) is 0. The summed E-state index contributed by atoms with van der Waals surface area (Å²) < 4.78 is 0. The number of alkyl halides is 1. The summed E-state index contributed by atoms with van der Waals surface area (Å²) in [6.07, 6.45) is 29.3. The number of halogens is 1. The van der Waals surface area contributed by atoms with Crippen molar-refractivity contribution in [2.24, 2.45) is 0 Å². The normalized spacial score (nSPS) is 12.2. The van der Waals surface area contributed by atoms with E-state index in [0.717, 1.165) is 45.1 Å². The molecule has 0 fully saturated rings. The number of hydrogen-bond acceptors (Lipinski definition) is 1. The van der Waals surface area contributed by atoms with E-state index in [0.29, 0.717) is 0 Å². The lowest BCUT2D eigenvalue weighted by Crippen LogP contribution is -2.25. The molecule has 0 aliphatic carbocycles. The molecule has 0 saturated carbocycles.